The number of unbranched alkanes of at least 4 members (excludes halogenated alkanes) is 7. The second-order valence-corrected chi connectivity index (χ2v) is 8.98. The van der Waals surface area contributed by atoms with Crippen LogP contribution in [0, 0.1) is 0 Å². The average molecular weight is 430 g/mol. The maximum Gasteiger partial charge on any atom is 0.139 e. The topological polar surface area (TPSA) is 41.5 Å². The van der Waals surface area contributed by atoms with Gasteiger partial charge in [0.1, 0.15) is 18.2 Å². The smallest absolute Gasteiger partial charge is 0.139 e. The van der Waals surface area contributed by atoms with Gasteiger partial charge in [-0.05, 0) is 54.0 Å². The van der Waals surface area contributed by atoms with Gasteiger partial charge in [0.05, 0.1) is 0 Å². The van der Waals surface area contributed by atoms with E-state index in [1.54, 1.807) is 12.1 Å². The van der Waals surface area contributed by atoms with E-state index in [0.717, 1.165) is 24.5 Å². The molecule has 0 aliphatic rings. The first kappa shape index (κ1) is 24.6. The van der Waals surface area contributed by atoms with Crippen molar-refractivity contribution in [2.24, 2.45) is 0 Å². The Morgan fingerprint density at radius 2 is 1.43 bits per heavy atom. The lowest BCUT2D eigenvalue weighted by atomic mass is 10.1. The van der Waals surface area contributed by atoms with E-state index in [0.29, 0.717) is 12.5 Å². The number of benzene rings is 2. The minimum atomic E-state index is 0.310. The molecule has 0 amide bonds. The molecular formula is C26H39NO2S. The monoisotopic (exact) mass is 429 g/mol. The van der Waals surface area contributed by atoms with Crippen molar-refractivity contribution in [3.8, 4) is 11.5 Å². The van der Waals surface area contributed by atoms with E-state index in [2.05, 4.69) is 36.5 Å². The second kappa shape index (κ2) is 16.1. The van der Waals surface area contributed by atoms with Gasteiger partial charge in [-0.25, -0.2) is 0 Å². The van der Waals surface area contributed by atoms with Crippen LogP contribution in [0.15, 0.2) is 48.5 Å². The number of hydrogen-bond acceptors (Lipinski definition) is 4. The quantitative estimate of drug-likeness (QED) is 0.211. The fourth-order valence-corrected chi connectivity index (χ4v) is 4.29. The molecule has 2 aromatic carbocycles. The van der Waals surface area contributed by atoms with E-state index < -0.39 is 0 Å². The summed E-state index contributed by atoms with van der Waals surface area (Å²) in [5.41, 5.74) is 2.57. The van der Waals surface area contributed by atoms with Crippen LogP contribution in [0.2, 0.25) is 0 Å². The number of nitrogens with one attached hydrogen (secondary N) is 1. The molecule has 2 rings (SSSR count). The summed E-state index contributed by atoms with van der Waals surface area (Å²) in [4.78, 5) is 0. The number of rotatable bonds is 17. The van der Waals surface area contributed by atoms with Crippen molar-refractivity contribution in [3.05, 3.63) is 59.7 Å². The van der Waals surface area contributed by atoms with Crippen LogP contribution >= 0.6 is 11.8 Å². The second-order valence-electron chi connectivity index (χ2n) is 7.88. The third kappa shape index (κ3) is 11.5. The van der Waals surface area contributed by atoms with Crippen LogP contribution in [0.4, 0.5) is 0 Å². The summed E-state index contributed by atoms with van der Waals surface area (Å²) in [5, 5.41) is 12.6. The predicted molar refractivity (Wildman–Crippen MR) is 131 cm³/mol. The summed E-state index contributed by atoms with van der Waals surface area (Å²) in [7, 11) is 0. The first-order chi connectivity index (χ1) is 14.8. The number of hydrogen-bond donors (Lipinski definition) is 2. The van der Waals surface area contributed by atoms with Gasteiger partial charge in [0.15, 0.2) is 0 Å². The highest BCUT2D eigenvalue weighted by molar-refractivity contribution is 7.98. The zero-order chi connectivity index (χ0) is 21.3. The molecule has 0 aliphatic heterocycles. The molecule has 0 aromatic heterocycles. The summed E-state index contributed by atoms with van der Waals surface area (Å²) in [6.07, 6.45) is 12.0. The lowest BCUT2D eigenvalue weighted by Crippen LogP contribution is -2.22. The van der Waals surface area contributed by atoms with E-state index in [9.17, 15) is 5.11 Å². The fraction of sp³-hybridized carbons (Fsp3) is 0.538. The third-order valence-corrected chi connectivity index (χ3v) is 6.32. The van der Waals surface area contributed by atoms with Gasteiger partial charge in [0.25, 0.3) is 0 Å². The SMILES string of the molecule is CCCCCCCCCCSCc1ccc(OCNCCc2ccc(O)cc2)cc1. The molecule has 3 nitrogen and oxygen atoms in total. The number of ether oxygens (including phenoxy) is 1. The maximum atomic E-state index is 9.30. The zero-order valence-corrected chi connectivity index (χ0v) is 19.4. The lowest BCUT2D eigenvalue weighted by molar-refractivity contribution is 0.285. The molecule has 0 unspecified atom stereocenters. The molecule has 0 heterocycles. The Balaban J connectivity index is 1.46. The Labute approximate surface area is 187 Å². The Morgan fingerprint density at radius 3 is 2.13 bits per heavy atom. The van der Waals surface area contributed by atoms with Crippen LogP contribution in [0.25, 0.3) is 0 Å². The van der Waals surface area contributed by atoms with Crippen LogP contribution in [-0.4, -0.2) is 24.1 Å². The Morgan fingerprint density at radius 1 is 0.800 bits per heavy atom. The summed E-state index contributed by atoms with van der Waals surface area (Å²) in [6, 6.07) is 15.8. The minimum Gasteiger partial charge on any atom is -0.508 e. The van der Waals surface area contributed by atoms with Crippen LogP contribution < -0.4 is 10.1 Å². The summed E-state index contributed by atoms with van der Waals surface area (Å²) < 4.78 is 5.77. The molecule has 4 heteroatoms. The Bertz CT molecular complexity index is 658. The fourth-order valence-electron chi connectivity index (χ4n) is 3.31. The van der Waals surface area contributed by atoms with Crippen molar-refractivity contribution < 1.29 is 9.84 Å². The predicted octanol–water partition coefficient (Wildman–Crippen LogP) is 6.93. The summed E-state index contributed by atoms with van der Waals surface area (Å²) in [5.74, 6) is 3.56. The van der Waals surface area contributed by atoms with Crippen LogP contribution in [0.5, 0.6) is 11.5 Å². The number of thioether (sulfide) groups is 1. The molecule has 0 aliphatic carbocycles. The van der Waals surface area contributed by atoms with E-state index in [1.165, 1.54) is 68.2 Å². The lowest BCUT2D eigenvalue weighted by Gasteiger charge is -2.09. The molecular weight excluding hydrogens is 390 g/mol. The Hall–Kier alpha value is -1.65. The van der Waals surface area contributed by atoms with Crippen LogP contribution in [0.1, 0.15) is 69.4 Å². The number of phenolic OH excluding ortho intramolecular Hbond substituents is 1. The summed E-state index contributed by atoms with van der Waals surface area (Å²) in [6.45, 7) is 3.63. The Kier molecular flexibility index (Phi) is 13.2. The maximum absolute atomic E-state index is 9.30. The normalized spacial score (nSPS) is 11.0. The third-order valence-electron chi connectivity index (χ3n) is 5.20. The van der Waals surface area contributed by atoms with E-state index in [1.807, 2.05) is 23.9 Å². The van der Waals surface area contributed by atoms with Gasteiger partial charge in [0.2, 0.25) is 0 Å². The highest BCUT2D eigenvalue weighted by atomic mass is 32.2. The van der Waals surface area contributed by atoms with E-state index >= 15 is 0 Å². The minimum absolute atomic E-state index is 0.310. The van der Waals surface area contributed by atoms with Gasteiger partial charge in [-0.3, -0.25) is 5.32 Å². The van der Waals surface area contributed by atoms with E-state index in [-0.39, 0.29) is 0 Å². The van der Waals surface area contributed by atoms with E-state index in [4.69, 9.17) is 4.74 Å². The van der Waals surface area contributed by atoms with Crippen molar-refractivity contribution in [1.82, 2.24) is 5.32 Å². The zero-order valence-electron chi connectivity index (χ0n) is 18.6. The van der Waals surface area contributed by atoms with Crippen molar-refractivity contribution in [3.63, 3.8) is 0 Å². The van der Waals surface area contributed by atoms with Gasteiger partial charge in [-0.2, -0.15) is 11.8 Å². The molecule has 166 valence electrons. The molecule has 0 fully saturated rings. The molecule has 2 aromatic rings. The standard InChI is InChI=1S/C26H39NO2S/c1-2-3-4-5-6-7-8-9-20-30-21-24-12-16-26(17-13-24)29-22-27-19-18-23-10-14-25(28)15-11-23/h10-17,27-28H,2-9,18-22H2,1H3. The molecule has 0 bridgehead atoms. The number of phenols is 1. The van der Waals surface area contributed by atoms with Crippen molar-refractivity contribution in [2.45, 2.75) is 70.5 Å². The molecule has 2 N–H and O–H groups in total. The highest BCUT2D eigenvalue weighted by Gasteiger charge is 1.98. The van der Waals surface area contributed by atoms with Gasteiger partial charge in [-0.15, -0.1) is 0 Å². The molecule has 30 heavy (non-hydrogen) atoms. The van der Waals surface area contributed by atoms with Gasteiger partial charge in [-0.1, -0.05) is 76.1 Å². The summed E-state index contributed by atoms with van der Waals surface area (Å²) >= 11 is 2.04. The first-order valence-corrected chi connectivity index (χ1v) is 12.7. The van der Waals surface area contributed by atoms with Gasteiger partial charge >= 0.3 is 0 Å². The number of aromatic hydroxyl groups is 1. The van der Waals surface area contributed by atoms with Gasteiger partial charge < -0.3 is 9.84 Å². The molecule has 0 atom stereocenters. The molecule has 0 radical (unpaired) electrons. The average Bonchev–Trinajstić information content (AvgIpc) is 2.77. The highest BCUT2D eigenvalue weighted by Crippen LogP contribution is 2.18. The molecule has 0 spiro atoms. The van der Waals surface area contributed by atoms with Crippen molar-refractivity contribution >= 4 is 11.8 Å². The van der Waals surface area contributed by atoms with Crippen LogP contribution in [0.3, 0.4) is 0 Å². The largest absolute Gasteiger partial charge is 0.508 e. The van der Waals surface area contributed by atoms with Crippen LogP contribution in [-0.2, 0) is 12.2 Å². The molecule has 0 saturated carbocycles. The first-order valence-electron chi connectivity index (χ1n) is 11.6. The van der Waals surface area contributed by atoms with Crippen molar-refractivity contribution in [2.75, 3.05) is 19.0 Å². The van der Waals surface area contributed by atoms with Crippen molar-refractivity contribution in [1.29, 1.82) is 0 Å². The molecule has 0 saturated heterocycles. The van der Waals surface area contributed by atoms with Gasteiger partial charge in [0, 0.05) is 12.3 Å².